The standard InChI is InChI=1S/C22H33N3O3S/c1-17(24-15-12-18-6-2-3-7-19(18)16-24)22(26)23-20-8-10-21(11-9-20)29(27,28)25-13-4-5-14-25/h8-11,17-19H,2-7,12-16H2,1H3,(H,23,26)/p+1/t17-,18+,19-/m1/s1. The molecule has 1 unspecified atom stereocenters. The summed E-state index contributed by atoms with van der Waals surface area (Å²) in [6.45, 7) is 5.38. The van der Waals surface area contributed by atoms with E-state index in [-0.39, 0.29) is 11.9 Å². The lowest BCUT2D eigenvalue weighted by atomic mass is 9.75. The molecule has 1 aromatic carbocycles. The number of hydrogen-bond acceptors (Lipinski definition) is 3. The molecule has 4 rings (SSSR count). The molecule has 2 saturated heterocycles. The summed E-state index contributed by atoms with van der Waals surface area (Å²) < 4.78 is 26.8. The predicted octanol–water partition coefficient (Wildman–Crippen LogP) is 1.89. The number of carbonyl (C=O) groups is 1. The second kappa shape index (κ2) is 8.74. The maximum Gasteiger partial charge on any atom is 0.282 e. The van der Waals surface area contributed by atoms with Crippen molar-refractivity contribution >= 4 is 21.6 Å². The summed E-state index contributed by atoms with van der Waals surface area (Å²) in [4.78, 5) is 14.5. The van der Waals surface area contributed by atoms with Gasteiger partial charge in [0.05, 0.1) is 18.0 Å². The Morgan fingerprint density at radius 3 is 2.38 bits per heavy atom. The summed E-state index contributed by atoms with van der Waals surface area (Å²) in [6, 6.07) is 6.53. The first kappa shape index (κ1) is 20.8. The van der Waals surface area contributed by atoms with Crippen molar-refractivity contribution in [2.75, 3.05) is 31.5 Å². The van der Waals surface area contributed by atoms with Crippen LogP contribution in [0.1, 0.15) is 51.9 Å². The molecule has 2 N–H and O–H groups in total. The van der Waals surface area contributed by atoms with Gasteiger partial charge in [-0.2, -0.15) is 4.31 Å². The number of sulfonamides is 1. The van der Waals surface area contributed by atoms with Crippen LogP contribution in [0.4, 0.5) is 5.69 Å². The van der Waals surface area contributed by atoms with Gasteiger partial charge in [0.1, 0.15) is 0 Å². The third kappa shape index (κ3) is 4.52. The molecule has 3 aliphatic rings. The Labute approximate surface area is 174 Å². The van der Waals surface area contributed by atoms with Crippen molar-refractivity contribution in [2.24, 2.45) is 11.8 Å². The Bertz CT molecular complexity index is 818. The maximum absolute atomic E-state index is 12.8. The molecule has 7 heteroatoms. The highest BCUT2D eigenvalue weighted by molar-refractivity contribution is 7.89. The van der Waals surface area contributed by atoms with Crippen molar-refractivity contribution in [3.63, 3.8) is 0 Å². The third-order valence-electron chi connectivity index (χ3n) is 7.26. The summed E-state index contributed by atoms with van der Waals surface area (Å²) >= 11 is 0. The van der Waals surface area contributed by atoms with Crippen LogP contribution in [-0.2, 0) is 14.8 Å². The summed E-state index contributed by atoms with van der Waals surface area (Å²) in [7, 11) is -3.41. The average Bonchev–Trinajstić information content (AvgIpc) is 3.29. The summed E-state index contributed by atoms with van der Waals surface area (Å²) in [5.41, 5.74) is 0.661. The number of anilines is 1. The molecule has 160 valence electrons. The molecule has 1 aromatic rings. The van der Waals surface area contributed by atoms with Gasteiger partial charge in [0, 0.05) is 24.7 Å². The van der Waals surface area contributed by atoms with Gasteiger partial charge in [0.2, 0.25) is 10.0 Å². The molecule has 3 fully saturated rings. The second-order valence-corrected chi connectivity index (χ2v) is 11.0. The van der Waals surface area contributed by atoms with Crippen LogP contribution in [0, 0.1) is 11.8 Å². The zero-order valence-corrected chi connectivity index (χ0v) is 18.2. The van der Waals surface area contributed by atoms with Gasteiger partial charge < -0.3 is 10.2 Å². The lowest BCUT2D eigenvalue weighted by Gasteiger charge is -2.40. The molecule has 1 aliphatic carbocycles. The predicted molar refractivity (Wildman–Crippen MR) is 113 cm³/mol. The summed E-state index contributed by atoms with van der Waals surface area (Å²) in [5, 5.41) is 2.99. The normalized spacial score (nSPS) is 29.2. The Morgan fingerprint density at radius 1 is 1.03 bits per heavy atom. The molecule has 2 aliphatic heterocycles. The molecular weight excluding hydrogens is 386 g/mol. The van der Waals surface area contributed by atoms with E-state index < -0.39 is 10.0 Å². The van der Waals surface area contributed by atoms with Crippen molar-refractivity contribution < 1.29 is 18.1 Å². The van der Waals surface area contributed by atoms with Crippen LogP contribution in [-0.4, -0.2) is 50.9 Å². The van der Waals surface area contributed by atoms with E-state index in [2.05, 4.69) is 5.32 Å². The molecule has 6 nitrogen and oxygen atoms in total. The first-order valence-electron chi connectivity index (χ1n) is 11.2. The highest BCUT2D eigenvalue weighted by Gasteiger charge is 2.37. The van der Waals surface area contributed by atoms with Crippen molar-refractivity contribution in [3.05, 3.63) is 24.3 Å². The van der Waals surface area contributed by atoms with Crippen molar-refractivity contribution in [1.29, 1.82) is 0 Å². The van der Waals surface area contributed by atoms with Gasteiger partial charge in [-0.05, 0) is 69.2 Å². The molecular formula is C22H34N3O3S+. The zero-order valence-electron chi connectivity index (χ0n) is 17.4. The van der Waals surface area contributed by atoms with Crippen LogP contribution in [0.15, 0.2) is 29.2 Å². The summed E-state index contributed by atoms with van der Waals surface area (Å²) in [5.74, 6) is 1.66. The third-order valence-corrected chi connectivity index (χ3v) is 9.17. The molecule has 0 radical (unpaired) electrons. The number of quaternary nitrogens is 1. The van der Waals surface area contributed by atoms with E-state index in [0.29, 0.717) is 23.7 Å². The Balaban J connectivity index is 1.35. The van der Waals surface area contributed by atoms with Crippen molar-refractivity contribution in [1.82, 2.24) is 4.31 Å². The Morgan fingerprint density at radius 2 is 1.69 bits per heavy atom. The van der Waals surface area contributed by atoms with Crippen molar-refractivity contribution in [2.45, 2.75) is 62.8 Å². The van der Waals surface area contributed by atoms with E-state index in [1.807, 2.05) is 6.92 Å². The van der Waals surface area contributed by atoms with Crippen LogP contribution in [0.5, 0.6) is 0 Å². The highest BCUT2D eigenvalue weighted by Crippen LogP contribution is 2.32. The van der Waals surface area contributed by atoms with Gasteiger partial charge in [-0.1, -0.05) is 12.8 Å². The molecule has 0 aromatic heterocycles. The van der Waals surface area contributed by atoms with Crippen LogP contribution < -0.4 is 10.2 Å². The number of nitrogens with one attached hydrogen (secondary N) is 2. The number of rotatable bonds is 5. The highest BCUT2D eigenvalue weighted by atomic mass is 32.2. The maximum atomic E-state index is 12.8. The smallest absolute Gasteiger partial charge is 0.282 e. The first-order chi connectivity index (χ1) is 13.9. The number of piperidine rings is 1. The van der Waals surface area contributed by atoms with E-state index in [4.69, 9.17) is 0 Å². The fourth-order valence-electron chi connectivity index (χ4n) is 5.36. The molecule has 0 bridgehead atoms. The lowest BCUT2D eigenvalue weighted by molar-refractivity contribution is -0.924. The molecule has 0 spiro atoms. The molecule has 1 saturated carbocycles. The topological polar surface area (TPSA) is 70.9 Å². The van der Waals surface area contributed by atoms with E-state index >= 15 is 0 Å². The van der Waals surface area contributed by atoms with Gasteiger partial charge in [-0.25, -0.2) is 8.42 Å². The van der Waals surface area contributed by atoms with Gasteiger partial charge >= 0.3 is 0 Å². The minimum absolute atomic E-state index is 0.0180. The molecule has 4 atom stereocenters. The minimum Gasteiger partial charge on any atom is -0.325 e. The number of amides is 1. The fourth-order valence-corrected chi connectivity index (χ4v) is 6.88. The SMILES string of the molecule is C[C@H](C(=O)Nc1ccc(S(=O)(=O)N2CCCC2)cc1)[NH+]1CC[C@@H]2CCCC[C@@H]2C1. The molecule has 2 heterocycles. The van der Waals surface area contributed by atoms with E-state index in [1.54, 1.807) is 28.6 Å². The Kier molecular flexibility index (Phi) is 6.27. The average molecular weight is 421 g/mol. The van der Waals surface area contributed by atoms with Gasteiger partial charge in [0.25, 0.3) is 5.91 Å². The fraction of sp³-hybridized carbons (Fsp3) is 0.682. The zero-order chi connectivity index (χ0) is 20.4. The minimum atomic E-state index is -3.41. The van der Waals surface area contributed by atoms with Gasteiger partial charge in [0.15, 0.2) is 6.04 Å². The van der Waals surface area contributed by atoms with Gasteiger partial charge in [-0.15, -0.1) is 0 Å². The Hall–Kier alpha value is -1.44. The van der Waals surface area contributed by atoms with Crippen LogP contribution >= 0.6 is 0 Å². The number of fused-ring (bicyclic) bond motifs is 1. The van der Waals surface area contributed by atoms with Crippen LogP contribution in [0.3, 0.4) is 0 Å². The number of likely N-dealkylation sites (tertiary alicyclic amines) is 1. The quantitative estimate of drug-likeness (QED) is 0.764. The number of carbonyl (C=O) groups excluding carboxylic acids is 1. The van der Waals surface area contributed by atoms with E-state index in [9.17, 15) is 13.2 Å². The van der Waals surface area contributed by atoms with Crippen molar-refractivity contribution in [3.8, 4) is 0 Å². The first-order valence-corrected chi connectivity index (χ1v) is 12.6. The van der Waals surface area contributed by atoms with E-state index in [0.717, 1.165) is 37.8 Å². The lowest BCUT2D eigenvalue weighted by Crippen LogP contribution is -3.18. The summed E-state index contributed by atoms with van der Waals surface area (Å²) in [6.07, 6.45) is 8.47. The van der Waals surface area contributed by atoms with E-state index in [1.165, 1.54) is 37.0 Å². The monoisotopic (exact) mass is 420 g/mol. The second-order valence-electron chi connectivity index (χ2n) is 9.05. The molecule has 29 heavy (non-hydrogen) atoms. The van der Waals surface area contributed by atoms with Gasteiger partial charge in [-0.3, -0.25) is 4.79 Å². The molecule has 1 amide bonds. The number of hydrogen-bond donors (Lipinski definition) is 2. The van der Waals surface area contributed by atoms with Crippen LogP contribution in [0.2, 0.25) is 0 Å². The number of nitrogens with zero attached hydrogens (tertiary/aromatic N) is 1. The number of benzene rings is 1. The largest absolute Gasteiger partial charge is 0.325 e. The van der Waals surface area contributed by atoms with Crippen LogP contribution in [0.25, 0.3) is 0 Å².